The second-order valence-corrected chi connectivity index (χ2v) is 6.28. The van der Waals surface area contributed by atoms with Crippen LogP contribution < -0.4 is 10.0 Å². The fourth-order valence-electron chi connectivity index (χ4n) is 1.62. The Balaban J connectivity index is 2.48. The van der Waals surface area contributed by atoms with Gasteiger partial charge in [0.25, 0.3) is 0 Å². The third kappa shape index (κ3) is 6.12. The van der Waals surface area contributed by atoms with E-state index in [-0.39, 0.29) is 12.3 Å². The fourth-order valence-corrected chi connectivity index (χ4v) is 2.79. The van der Waals surface area contributed by atoms with Crippen molar-refractivity contribution in [3.8, 4) is 6.07 Å². The molecule has 7 heteroatoms. The first-order valence-corrected chi connectivity index (χ1v) is 7.94. The molecule has 0 amide bonds. The van der Waals surface area contributed by atoms with Crippen molar-refractivity contribution in [1.29, 1.82) is 5.26 Å². The van der Waals surface area contributed by atoms with Crippen LogP contribution in [0.25, 0.3) is 0 Å². The van der Waals surface area contributed by atoms with E-state index in [1.54, 1.807) is 31.2 Å². The van der Waals surface area contributed by atoms with Gasteiger partial charge in [-0.3, -0.25) is 0 Å². The zero-order valence-electron chi connectivity index (χ0n) is 11.3. The first-order chi connectivity index (χ1) is 9.44. The minimum atomic E-state index is -3.47. The van der Waals surface area contributed by atoms with Crippen LogP contribution in [0.2, 0.25) is 0 Å². The molecular formula is C13H19N3O3S. The van der Waals surface area contributed by atoms with E-state index in [2.05, 4.69) is 10.0 Å². The van der Waals surface area contributed by atoms with Crippen molar-refractivity contribution >= 4 is 10.0 Å². The zero-order chi connectivity index (χ0) is 15.0. The lowest BCUT2D eigenvalue weighted by atomic mass is 10.1. The summed E-state index contributed by atoms with van der Waals surface area (Å²) < 4.78 is 26.2. The summed E-state index contributed by atoms with van der Waals surface area (Å²) in [5, 5.41) is 20.9. The average Bonchev–Trinajstić information content (AvgIpc) is 2.38. The molecule has 1 rings (SSSR count). The maximum absolute atomic E-state index is 11.9. The predicted octanol–water partition coefficient (Wildman–Crippen LogP) is -0.0519. The van der Waals surface area contributed by atoms with Crippen LogP contribution in [0.1, 0.15) is 18.1 Å². The molecule has 1 unspecified atom stereocenters. The standard InChI is InChI=1S/C13H19N3O3S/c1-11(17)9-15-6-7-16-20(18,19)10-13-5-3-2-4-12(13)8-14/h2-5,11,15-17H,6-7,9-10H2,1H3. The highest BCUT2D eigenvalue weighted by Gasteiger charge is 2.13. The van der Waals surface area contributed by atoms with Crippen molar-refractivity contribution in [1.82, 2.24) is 10.0 Å². The molecule has 110 valence electrons. The Morgan fingerprint density at radius 3 is 2.70 bits per heavy atom. The summed E-state index contributed by atoms with van der Waals surface area (Å²) in [5.41, 5.74) is 0.851. The second kappa shape index (κ2) is 7.97. The number of nitrogens with zero attached hydrogens (tertiary/aromatic N) is 1. The van der Waals surface area contributed by atoms with Crippen molar-refractivity contribution < 1.29 is 13.5 Å². The maximum Gasteiger partial charge on any atom is 0.215 e. The Bertz CT molecular complexity index is 564. The lowest BCUT2D eigenvalue weighted by Gasteiger charge is -2.09. The predicted molar refractivity (Wildman–Crippen MR) is 76.3 cm³/mol. The molecule has 1 aromatic carbocycles. The third-order valence-corrected chi connectivity index (χ3v) is 3.88. The molecule has 1 atom stereocenters. The topological polar surface area (TPSA) is 102 Å². The SMILES string of the molecule is CC(O)CNCCNS(=O)(=O)Cc1ccccc1C#N. The zero-order valence-corrected chi connectivity index (χ0v) is 12.2. The number of nitrogens with one attached hydrogen (secondary N) is 2. The van der Waals surface area contributed by atoms with Gasteiger partial charge in [0.2, 0.25) is 10.0 Å². The van der Waals surface area contributed by atoms with E-state index in [1.165, 1.54) is 0 Å². The molecule has 0 saturated heterocycles. The van der Waals surface area contributed by atoms with Crippen LogP contribution in [0.3, 0.4) is 0 Å². The molecule has 0 aromatic heterocycles. The summed E-state index contributed by atoms with van der Waals surface area (Å²) >= 11 is 0. The molecule has 0 radical (unpaired) electrons. The van der Waals surface area contributed by atoms with Gasteiger partial charge < -0.3 is 10.4 Å². The minimum Gasteiger partial charge on any atom is -0.392 e. The Morgan fingerprint density at radius 2 is 2.05 bits per heavy atom. The molecule has 20 heavy (non-hydrogen) atoms. The van der Waals surface area contributed by atoms with Crippen LogP contribution >= 0.6 is 0 Å². The molecule has 6 nitrogen and oxygen atoms in total. The fraction of sp³-hybridized carbons (Fsp3) is 0.462. The van der Waals surface area contributed by atoms with E-state index < -0.39 is 16.1 Å². The van der Waals surface area contributed by atoms with E-state index in [0.29, 0.717) is 24.2 Å². The highest BCUT2D eigenvalue weighted by molar-refractivity contribution is 7.88. The van der Waals surface area contributed by atoms with Gasteiger partial charge in [-0.25, -0.2) is 13.1 Å². The minimum absolute atomic E-state index is 0.215. The molecule has 0 heterocycles. The smallest absolute Gasteiger partial charge is 0.215 e. The second-order valence-electron chi connectivity index (χ2n) is 4.48. The highest BCUT2D eigenvalue weighted by atomic mass is 32.2. The summed E-state index contributed by atoms with van der Waals surface area (Å²) in [6.07, 6.45) is -0.464. The van der Waals surface area contributed by atoms with E-state index in [4.69, 9.17) is 10.4 Å². The molecule has 0 spiro atoms. The lowest BCUT2D eigenvalue weighted by Crippen LogP contribution is -2.35. The molecular weight excluding hydrogens is 278 g/mol. The summed E-state index contributed by atoms with van der Waals surface area (Å²) in [6.45, 7) is 2.74. The molecule has 0 bridgehead atoms. The number of sulfonamides is 1. The van der Waals surface area contributed by atoms with E-state index in [0.717, 1.165) is 0 Å². The van der Waals surface area contributed by atoms with Crippen LogP contribution in [0.15, 0.2) is 24.3 Å². The van der Waals surface area contributed by atoms with Crippen LogP contribution in [0.5, 0.6) is 0 Å². The normalized spacial score (nSPS) is 12.8. The van der Waals surface area contributed by atoms with Gasteiger partial charge in [0.15, 0.2) is 0 Å². The summed E-state index contributed by atoms with van der Waals surface area (Å²) in [4.78, 5) is 0. The summed E-state index contributed by atoms with van der Waals surface area (Å²) in [7, 11) is -3.47. The number of aliphatic hydroxyl groups excluding tert-OH is 1. The summed E-state index contributed by atoms with van der Waals surface area (Å²) in [5.74, 6) is -0.215. The summed E-state index contributed by atoms with van der Waals surface area (Å²) in [6, 6.07) is 8.60. The van der Waals surface area contributed by atoms with E-state index >= 15 is 0 Å². The van der Waals surface area contributed by atoms with Crippen LogP contribution in [-0.2, 0) is 15.8 Å². The highest BCUT2D eigenvalue weighted by Crippen LogP contribution is 2.10. The number of hydrogen-bond acceptors (Lipinski definition) is 5. The van der Waals surface area contributed by atoms with E-state index in [9.17, 15) is 8.42 Å². The van der Waals surface area contributed by atoms with Crippen LogP contribution in [0, 0.1) is 11.3 Å². The van der Waals surface area contributed by atoms with Gasteiger partial charge in [-0.1, -0.05) is 18.2 Å². The quantitative estimate of drug-likeness (QED) is 0.584. The molecule has 3 N–H and O–H groups in total. The van der Waals surface area contributed by atoms with Gasteiger partial charge in [0.1, 0.15) is 0 Å². The van der Waals surface area contributed by atoms with Crippen molar-refractivity contribution in [2.75, 3.05) is 19.6 Å². The van der Waals surface area contributed by atoms with Crippen molar-refractivity contribution in [3.05, 3.63) is 35.4 Å². The van der Waals surface area contributed by atoms with Crippen molar-refractivity contribution in [2.24, 2.45) is 0 Å². The molecule has 1 aromatic rings. The van der Waals surface area contributed by atoms with E-state index in [1.807, 2.05) is 6.07 Å². The number of aliphatic hydroxyl groups is 1. The molecule has 0 aliphatic rings. The lowest BCUT2D eigenvalue weighted by molar-refractivity contribution is 0.192. The van der Waals surface area contributed by atoms with Gasteiger partial charge in [0, 0.05) is 19.6 Å². The van der Waals surface area contributed by atoms with Gasteiger partial charge in [-0.2, -0.15) is 5.26 Å². The number of hydrogen-bond donors (Lipinski definition) is 3. The largest absolute Gasteiger partial charge is 0.392 e. The Hall–Kier alpha value is -1.46. The molecule has 0 saturated carbocycles. The average molecular weight is 297 g/mol. The van der Waals surface area contributed by atoms with Gasteiger partial charge in [-0.05, 0) is 18.6 Å². The molecule has 0 fully saturated rings. The van der Waals surface area contributed by atoms with Crippen molar-refractivity contribution in [3.63, 3.8) is 0 Å². The molecule has 0 aliphatic heterocycles. The Kier molecular flexibility index (Phi) is 6.61. The maximum atomic E-state index is 11.9. The Labute approximate surface area is 119 Å². The van der Waals surface area contributed by atoms with Crippen LogP contribution in [-0.4, -0.2) is 39.3 Å². The van der Waals surface area contributed by atoms with Gasteiger partial charge in [-0.15, -0.1) is 0 Å². The van der Waals surface area contributed by atoms with Crippen molar-refractivity contribution in [2.45, 2.75) is 18.8 Å². The number of nitriles is 1. The van der Waals surface area contributed by atoms with Crippen LogP contribution in [0.4, 0.5) is 0 Å². The number of benzene rings is 1. The first-order valence-electron chi connectivity index (χ1n) is 6.29. The third-order valence-electron chi connectivity index (χ3n) is 2.55. The first kappa shape index (κ1) is 16.6. The molecule has 0 aliphatic carbocycles. The van der Waals surface area contributed by atoms with Gasteiger partial charge >= 0.3 is 0 Å². The monoisotopic (exact) mass is 297 g/mol. The Morgan fingerprint density at radius 1 is 1.35 bits per heavy atom. The number of rotatable bonds is 8. The van der Waals surface area contributed by atoms with Gasteiger partial charge in [0.05, 0.1) is 23.5 Å².